The van der Waals surface area contributed by atoms with Gasteiger partial charge in [-0.2, -0.15) is 0 Å². The molecule has 0 saturated heterocycles. The molecule has 4 heteroatoms. The molecule has 0 unspecified atom stereocenters. The van der Waals surface area contributed by atoms with Gasteiger partial charge in [0, 0.05) is 5.56 Å². The van der Waals surface area contributed by atoms with Crippen molar-refractivity contribution in [3.63, 3.8) is 0 Å². The van der Waals surface area contributed by atoms with Crippen LogP contribution < -0.4 is 10.1 Å². The van der Waals surface area contributed by atoms with Crippen molar-refractivity contribution in [1.82, 2.24) is 0 Å². The van der Waals surface area contributed by atoms with E-state index in [1.807, 2.05) is 50.2 Å². The number of amides is 1. The van der Waals surface area contributed by atoms with Crippen LogP contribution in [-0.4, -0.2) is 13.0 Å². The summed E-state index contributed by atoms with van der Waals surface area (Å²) in [5.74, 6) is 0.550. The van der Waals surface area contributed by atoms with Crippen LogP contribution in [0, 0.1) is 13.8 Å². The Morgan fingerprint density at radius 1 is 1.15 bits per heavy atom. The van der Waals surface area contributed by atoms with Crippen LogP contribution in [0.4, 0.5) is 5.69 Å². The molecule has 2 rings (SSSR count). The summed E-state index contributed by atoms with van der Waals surface area (Å²) < 4.78 is 5.95. The van der Waals surface area contributed by atoms with Crippen molar-refractivity contribution in [3.8, 4) is 5.75 Å². The van der Waals surface area contributed by atoms with Crippen molar-refractivity contribution in [2.24, 2.45) is 0 Å². The summed E-state index contributed by atoms with van der Waals surface area (Å²) in [7, 11) is 1.59. The molecule has 0 radical (unpaired) electrons. The van der Waals surface area contributed by atoms with Gasteiger partial charge in [-0.3, -0.25) is 4.79 Å². The first-order valence-electron chi connectivity index (χ1n) is 6.23. The zero-order chi connectivity index (χ0) is 14.7. The number of rotatable bonds is 3. The fraction of sp³-hybridized carbons (Fsp3) is 0.188. The molecule has 0 spiro atoms. The molecule has 20 heavy (non-hydrogen) atoms. The summed E-state index contributed by atoms with van der Waals surface area (Å²) >= 11 is 3.43. The smallest absolute Gasteiger partial charge is 0.255 e. The van der Waals surface area contributed by atoms with Gasteiger partial charge in [0.1, 0.15) is 5.75 Å². The van der Waals surface area contributed by atoms with Crippen LogP contribution in [0.3, 0.4) is 0 Å². The maximum absolute atomic E-state index is 12.3. The van der Waals surface area contributed by atoms with E-state index in [1.165, 1.54) is 0 Å². The molecule has 1 amide bonds. The zero-order valence-corrected chi connectivity index (χ0v) is 13.2. The molecule has 0 aliphatic heterocycles. The van der Waals surface area contributed by atoms with Crippen molar-refractivity contribution in [2.45, 2.75) is 13.8 Å². The Balaban J connectivity index is 2.28. The molecule has 0 aliphatic carbocycles. The Kier molecular flexibility index (Phi) is 4.45. The van der Waals surface area contributed by atoms with Crippen LogP contribution in [0.25, 0.3) is 0 Å². The summed E-state index contributed by atoms with van der Waals surface area (Å²) in [5, 5.41) is 2.89. The van der Waals surface area contributed by atoms with Crippen LogP contribution in [0.5, 0.6) is 5.75 Å². The minimum Gasteiger partial charge on any atom is -0.495 e. The quantitative estimate of drug-likeness (QED) is 0.907. The lowest BCUT2D eigenvalue weighted by molar-refractivity contribution is 0.102. The molecule has 0 atom stereocenters. The van der Waals surface area contributed by atoms with Gasteiger partial charge in [-0.25, -0.2) is 0 Å². The molecular weight excluding hydrogens is 318 g/mol. The normalized spacial score (nSPS) is 10.2. The van der Waals surface area contributed by atoms with E-state index in [9.17, 15) is 4.79 Å². The Hall–Kier alpha value is -1.81. The average Bonchev–Trinajstić information content (AvgIpc) is 2.40. The van der Waals surface area contributed by atoms with E-state index in [0.29, 0.717) is 17.0 Å². The first-order chi connectivity index (χ1) is 9.51. The summed E-state index contributed by atoms with van der Waals surface area (Å²) in [5.41, 5.74) is 3.48. The molecule has 0 saturated carbocycles. The van der Waals surface area contributed by atoms with Gasteiger partial charge in [0.2, 0.25) is 0 Å². The lowest BCUT2D eigenvalue weighted by Gasteiger charge is -2.11. The van der Waals surface area contributed by atoms with Gasteiger partial charge in [-0.1, -0.05) is 23.3 Å². The maximum atomic E-state index is 12.3. The summed E-state index contributed by atoms with van der Waals surface area (Å²) in [6, 6.07) is 11.3. The molecule has 0 aromatic heterocycles. The number of nitrogens with one attached hydrogen (secondary N) is 1. The van der Waals surface area contributed by atoms with Crippen LogP contribution >= 0.6 is 15.9 Å². The van der Waals surface area contributed by atoms with Gasteiger partial charge in [0.05, 0.1) is 17.3 Å². The predicted octanol–water partition coefficient (Wildman–Crippen LogP) is 4.33. The van der Waals surface area contributed by atoms with E-state index in [2.05, 4.69) is 21.2 Å². The van der Waals surface area contributed by atoms with Crippen molar-refractivity contribution >= 4 is 27.5 Å². The molecule has 104 valence electrons. The van der Waals surface area contributed by atoms with Gasteiger partial charge in [0.15, 0.2) is 0 Å². The third-order valence-electron chi connectivity index (χ3n) is 2.92. The molecule has 1 N–H and O–H groups in total. The number of anilines is 1. The fourth-order valence-electron chi connectivity index (χ4n) is 2.07. The van der Waals surface area contributed by atoms with Gasteiger partial charge in [0.25, 0.3) is 5.91 Å². The van der Waals surface area contributed by atoms with Crippen molar-refractivity contribution in [1.29, 1.82) is 0 Å². The first kappa shape index (κ1) is 14.6. The highest BCUT2D eigenvalue weighted by molar-refractivity contribution is 9.10. The van der Waals surface area contributed by atoms with Gasteiger partial charge in [-0.15, -0.1) is 0 Å². The van der Waals surface area contributed by atoms with Crippen molar-refractivity contribution in [2.75, 3.05) is 12.4 Å². The number of aryl methyl sites for hydroxylation is 2. The Bertz CT molecular complexity index is 633. The number of hydrogen-bond donors (Lipinski definition) is 1. The average molecular weight is 334 g/mol. The number of methoxy groups -OCH3 is 1. The molecule has 3 nitrogen and oxygen atoms in total. The Morgan fingerprint density at radius 2 is 1.80 bits per heavy atom. The molecule has 2 aromatic rings. The minimum absolute atomic E-state index is 0.134. The van der Waals surface area contributed by atoms with Crippen LogP contribution in [0.1, 0.15) is 21.5 Å². The number of carbonyl (C=O) groups is 1. The monoisotopic (exact) mass is 333 g/mol. The van der Waals surface area contributed by atoms with Crippen LogP contribution in [0.2, 0.25) is 0 Å². The third-order valence-corrected chi connectivity index (χ3v) is 3.73. The molecule has 0 bridgehead atoms. The van der Waals surface area contributed by atoms with E-state index in [0.717, 1.165) is 15.6 Å². The van der Waals surface area contributed by atoms with Crippen LogP contribution in [0.15, 0.2) is 40.9 Å². The number of ether oxygens (including phenoxy) is 1. The lowest BCUT2D eigenvalue weighted by Crippen LogP contribution is -2.12. The van der Waals surface area contributed by atoms with E-state index >= 15 is 0 Å². The summed E-state index contributed by atoms with van der Waals surface area (Å²) in [6.07, 6.45) is 0. The second-order valence-corrected chi connectivity index (χ2v) is 5.45. The van der Waals surface area contributed by atoms with Crippen molar-refractivity contribution in [3.05, 3.63) is 57.6 Å². The van der Waals surface area contributed by atoms with E-state index in [-0.39, 0.29) is 5.91 Å². The Morgan fingerprint density at radius 3 is 2.40 bits per heavy atom. The lowest BCUT2D eigenvalue weighted by atomic mass is 10.1. The molecule has 0 heterocycles. The van der Waals surface area contributed by atoms with Gasteiger partial charge >= 0.3 is 0 Å². The SMILES string of the molecule is COc1cccc(NC(=O)c2cc(C)cc(C)c2)c1Br. The highest BCUT2D eigenvalue weighted by Gasteiger charge is 2.11. The number of halogens is 1. The second kappa shape index (κ2) is 6.09. The predicted molar refractivity (Wildman–Crippen MR) is 84.6 cm³/mol. The standard InChI is InChI=1S/C16H16BrNO2/c1-10-7-11(2)9-12(8-10)16(19)18-13-5-4-6-14(20-3)15(13)17/h4-9H,1-3H3,(H,18,19). The maximum Gasteiger partial charge on any atom is 0.255 e. The van der Waals surface area contributed by atoms with Gasteiger partial charge in [-0.05, 0) is 54.0 Å². The first-order valence-corrected chi connectivity index (χ1v) is 7.02. The van der Waals surface area contributed by atoms with E-state index in [1.54, 1.807) is 7.11 Å². The number of benzene rings is 2. The second-order valence-electron chi connectivity index (χ2n) is 4.65. The van der Waals surface area contributed by atoms with E-state index < -0.39 is 0 Å². The molecule has 0 aliphatic rings. The largest absolute Gasteiger partial charge is 0.495 e. The Labute approximate surface area is 127 Å². The topological polar surface area (TPSA) is 38.3 Å². The highest BCUT2D eigenvalue weighted by Crippen LogP contribution is 2.32. The summed E-state index contributed by atoms with van der Waals surface area (Å²) in [4.78, 5) is 12.3. The summed E-state index contributed by atoms with van der Waals surface area (Å²) in [6.45, 7) is 3.95. The van der Waals surface area contributed by atoms with Crippen molar-refractivity contribution < 1.29 is 9.53 Å². The third kappa shape index (κ3) is 3.20. The fourth-order valence-corrected chi connectivity index (χ4v) is 2.59. The number of carbonyl (C=O) groups excluding carboxylic acids is 1. The van der Waals surface area contributed by atoms with E-state index in [4.69, 9.17) is 4.74 Å². The van der Waals surface area contributed by atoms with Crippen LogP contribution in [-0.2, 0) is 0 Å². The molecule has 0 fully saturated rings. The number of hydrogen-bond acceptors (Lipinski definition) is 2. The minimum atomic E-state index is -0.134. The molecule has 2 aromatic carbocycles. The highest BCUT2D eigenvalue weighted by atomic mass is 79.9. The zero-order valence-electron chi connectivity index (χ0n) is 11.7. The molecular formula is C16H16BrNO2. The van der Waals surface area contributed by atoms with Gasteiger partial charge < -0.3 is 10.1 Å².